The first-order chi connectivity index (χ1) is 9.36. The van der Waals surface area contributed by atoms with E-state index in [4.69, 9.17) is 10.0 Å². The quantitative estimate of drug-likeness (QED) is 0.819. The molecule has 0 radical (unpaired) electrons. The molecule has 3 nitrogen and oxygen atoms in total. The van der Waals surface area contributed by atoms with Gasteiger partial charge in [-0.15, -0.1) is 0 Å². The second-order valence-corrected chi connectivity index (χ2v) is 5.21. The number of hydrogen-bond acceptors (Lipinski definition) is 3. The molecule has 0 atom stereocenters. The lowest BCUT2D eigenvalue weighted by molar-refractivity contribution is -0.185. The fourth-order valence-corrected chi connectivity index (χ4v) is 2.53. The van der Waals surface area contributed by atoms with Crippen LogP contribution in [0.2, 0.25) is 0 Å². The molecule has 1 aromatic carbocycles. The van der Waals surface area contributed by atoms with Gasteiger partial charge in [-0.1, -0.05) is 24.3 Å². The molecule has 0 aromatic heterocycles. The summed E-state index contributed by atoms with van der Waals surface area (Å²) >= 11 is 0. The highest BCUT2D eigenvalue weighted by Crippen LogP contribution is 2.34. The molecular weight excluding hydrogens is 270 g/mol. The van der Waals surface area contributed by atoms with Gasteiger partial charge in [0, 0.05) is 6.54 Å². The minimum atomic E-state index is -4.09. The Kier molecular flexibility index (Phi) is 4.72. The molecule has 0 saturated carbocycles. The van der Waals surface area contributed by atoms with Gasteiger partial charge in [0.15, 0.2) is 0 Å². The van der Waals surface area contributed by atoms with Gasteiger partial charge < -0.3 is 10.0 Å². The third-order valence-corrected chi connectivity index (χ3v) is 3.71. The Labute approximate surface area is 116 Å². The number of rotatable bonds is 3. The maximum absolute atomic E-state index is 12.6. The summed E-state index contributed by atoms with van der Waals surface area (Å²) in [5, 5.41) is 18.2. The summed E-state index contributed by atoms with van der Waals surface area (Å²) in [4.78, 5) is 1.96. The molecule has 1 aliphatic heterocycles. The number of piperidine rings is 1. The smallest absolute Gasteiger partial charge is 0.423 e. The van der Waals surface area contributed by atoms with Crippen LogP contribution in [-0.2, 0) is 6.54 Å². The highest BCUT2D eigenvalue weighted by molar-refractivity contribution is 6.58. The Morgan fingerprint density at radius 2 is 1.85 bits per heavy atom. The van der Waals surface area contributed by atoms with Crippen molar-refractivity contribution in [3.8, 4) is 0 Å². The lowest BCUT2D eigenvalue weighted by Gasteiger charge is -2.32. The minimum Gasteiger partial charge on any atom is -0.423 e. The lowest BCUT2D eigenvalue weighted by Crippen LogP contribution is -2.38. The number of benzene rings is 1. The van der Waals surface area contributed by atoms with Gasteiger partial charge in [-0.3, -0.25) is 4.90 Å². The van der Waals surface area contributed by atoms with Crippen LogP contribution in [0, 0.1) is 5.92 Å². The highest BCUT2D eigenvalue weighted by atomic mass is 19.4. The molecule has 110 valence electrons. The molecule has 1 aliphatic rings. The number of halogens is 3. The fourth-order valence-electron chi connectivity index (χ4n) is 2.53. The molecule has 1 heterocycles. The Balaban J connectivity index is 1.91. The van der Waals surface area contributed by atoms with Crippen molar-refractivity contribution < 1.29 is 23.2 Å². The largest absolute Gasteiger partial charge is 0.488 e. The molecule has 20 heavy (non-hydrogen) atoms. The van der Waals surface area contributed by atoms with Crippen molar-refractivity contribution >= 4 is 12.6 Å². The van der Waals surface area contributed by atoms with E-state index in [1.165, 1.54) is 0 Å². The Morgan fingerprint density at radius 1 is 1.20 bits per heavy atom. The number of likely N-dealkylation sites (tertiary alicyclic amines) is 1. The first-order valence-electron chi connectivity index (χ1n) is 6.60. The summed E-state index contributed by atoms with van der Waals surface area (Å²) in [5.74, 6) is -1.19. The van der Waals surface area contributed by atoms with E-state index in [-0.39, 0.29) is 12.8 Å². The molecule has 0 aliphatic carbocycles. The molecule has 2 N–H and O–H groups in total. The summed E-state index contributed by atoms with van der Waals surface area (Å²) in [6.07, 6.45) is -3.83. The molecule has 1 saturated heterocycles. The number of hydrogen-bond donors (Lipinski definition) is 2. The van der Waals surface area contributed by atoms with Gasteiger partial charge in [-0.05, 0) is 37.0 Å². The zero-order valence-electron chi connectivity index (χ0n) is 11.0. The van der Waals surface area contributed by atoms with Crippen LogP contribution in [0.1, 0.15) is 18.4 Å². The molecule has 0 unspecified atom stereocenters. The van der Waals surface area contributed by atoms with E-state index < -0.39 is 19.2 Å². The van der Waals surface area contributed by atoms with E-state index in [0.29, 0.717) is 25.1 Å². The molecule has 2 rings (SSSR count). The van der Waals surface area contributed by atoms with Gasteiger partial charge in [-0.25, -0.2) is 0 Å². The molecule has 0 spiro atoms. The second-order valence-electron chi connectivity index (χ2n) is 5.21. The maximum Gasteiger partial charge on any atom is 0.488 e. The lowest BCUT2D eigenvalue weighted by atomic mass is 9.79. The van der Waals surface area contributed by atoms with Gasteiger partial charge in [0.25, 0.3) is 0 Å². The molecule has 1 aromatic rings. The van der Waals surface area contributed by atoms with Crippen molar-refractivity contribution in [3.05, 3.63) is 29.8 Å². The van der Waals surface area contributed by atoms with Crippen LogP contribution < -0.4 is 5.46 Å². The zero-order valence-corrected chi connectivity index (χ0v) is 11.0. The van der Waals surface area contributed by atoms with Crippen LogP contribution in [0.3, 0.4) is 0 Å². The van der Waals surface area contributed by atoms with Crippen molar-refractivity contribution in [3.63, 3.8) is 0 Å². The average molecular weight is 287 g/mol. The molecular formula is C13H17BF3NO2. The van der Waals surface area contributed by atoms with Crippen LogP contribution in [0.5, 0.6) is 0 Å². The van der Waals surface area contributed by atoms with Crippen molar-refractivity contribution in [2.45, 2.75) is 25.6 Å². The van der Waals surface area contributed by atoms with Crippen LogP contribution in [0.4, 0.5) is 13.2 Å². The number of alkyl halides is 3. The Hall–Kier alpha value is -1.05. The van der Waals surface area contributed by atoms with Gasteiger partial charge in [-0.2, -0.15) is 13.2 Å². The highest BCUT2D eigenvalue weighted by Gasteiger charge is 2.40. The van der Waals surface area contributed by atoms with E-state index in [1.807, 2.05) is 11.0 Å². The summed E-state index contributed by atoms with van der Waals surface area (Å²) in [6, 6.07) is 6.82. The summed E-state index contributed by atoms with van der Waals surface area (Å²) < 4.78 is 37.7. The van der Waals surface area contributed by atoms with Crippen molar-refractivity contribution in [1.29, 1.82) is 0 Å². The van der Waals surface area contributed by atoms with Crippen LogP contribution in [0.15, 0.2) is 24.3 Å². The van der Waals surface area contributed by atoms with E-state index in [1.54, 1.807) is 18.2 Å². The Bertz CT molecular complexity index is 445. The summed E-state index contributed by atoms with van der Waals surface area (Å²) in [7, 11) is -1.52. The molecule has 0 bridgehead atoms. The summed E-state index contributed by atoms with van der Waals surface area (Å²) in [6.45, 7) is 1.36. The van der Waals surface area contributed by atoms with Gasteiger partial charge in [0.05, 0.1) is 5.92 Å². The first-order valence-corrected chi connectivity index (χ1v) is 6.60. The van der Waals surface area contributed by atoms with E-state index in [0.717, 1.165) is 5.56 Å². The van der Waals surface area contributed by atoms with Crippen molar-refractivity contribution in [2.24, 2.45) is 5.92 Å². The van der Waals surface area contributed by atoms with Crippen LogP contribution >= 0.6 is 0 Å². The van der Waals surface area contributed by atoms with Crippen molar-refractivity contribution in [2.75, 3.05) is 13.1 Å². The van der Waals surface area contributed by atoms with Crippen LogP contribution in [-0.4, -0.2) is 41.3 Å². The average Bonchev–Trinajstić information content (AvgIpc) is 2.38. The second kappa shape index (κ2) is 6.16. The third-order valence-electron chi connectivity index (χ3n) is 3.71. The van der Waals surface area contributed by atoms with Gasteiger partial charge in [0.1, 0.15) is 0 Å². The van der Waals surface area contributed by atoms with E-state index >= 15 is 0 Å². The van der Waals surface area contributed by atoms with E-state index in [9.17, 15) is 13.2 Å². The topological polar surface area (TPSA) is 43.7 Å². The normalized spacial score (nSPS) is 18.2. The molecule has 1 fully saturated rings. The van der Waals surface area contributed by atoms with Gasteiger partial charge in [0.2, 0.25) is 0 Å². The number of nitrogens with zero attached hydrogens (tertiary/aromatic N) is 1. The monoisotopic (exact) mass is 287 g/mol. The predicted molar refractivity (Wildman–Crippen MR) is 70.3 cm³/mol. The maximum atomic E-state index is 12.6. The third kappa shape index (κ3) is 3.97. The fraction of sp³-hybridized carbons (Fsp3) is 0.538. The predicted octanol–water partition coefficient (Wildman–Crippen LogP) is 1.14. The molecule has 0 amide bonds. The molecule has 7 heteroatoms. The van der Waals surface area contributed by atoms with Crippen LogP contribution in [0.25, 0.3) is 0 Å². The van der Waals surface area contributed by atoms with E-state index in [2.05, 4.69) is 0 Å². The first kappa shape index (κ1) is 15.3. The minimum absolute atomic E-state index is 0.131. The zero-order chi connectivity index (χ0) is 14.8. The van der Waals surface area contributed by atoms with Crippen molar-refractivity contribution in [1.82, 2.24) is 4.90 Å². The summed E-state index contributed by atoms with van der Waals surface area (Å²) in [5.41, 5.74) is 1.27. The van der Waals surface area contributed by atoms with Gasteiger partial charge >= 0.3 is 13.3 Å². The SMILES string of the molecule is OB(O)c1cccc(CN2CCC(C(F)(F)F)CC2)c1. The Morgan fingerprint density at radius 3 is 2.40 bits per heavy atom. The standard InChI is InChI=1S/C13H17BF3NO2/c15-13(16,17)11-4-6-18(7-5-11)9-10-2-1-3-12(8-10)14(19)20/h1-3,8,11,19-20H,4-7,9H2.